The second kappa shape index (κ2) is 7.24. The fourth-order valence-electron chi connectivity index (χ4n) is 3.98. The topological polar surface area (TPSA) is 75.1 Å². The first-order chi connectivity index (χ1) is 13.7. The molecule has 0 atom stereocenters. The number of nitrogens with zero attached hydrogens (tertiary/aromatic N) is 1. The van der Waals surface area contributed by atoms with Gasteiger partial charge in [-0.15, -0.1) is 0 Å². The zero-order chi connectivity index (χ0) is 19.7. The van der Waals surface area contributed by atoms with E-state index in [1.807, 2.05) is 30.3 Å². The summed E-state index contributed by atoms with van der Waals surface area (Å²) in [6, 6.07) is 15.7. The minimum absolute atomic E-state index is 0.130. The average molecular weight is 372 g/mol. The predicted octanol–water partition coefficient (Wildman–Crippen LogP) is 4.09. The highest BCUT2D eigenvalue weighted by atomic mass is 16.5. The molecular formula is C23H20N2O3. The molecule has 0 unspecified atom stereocenters. The molecule has 5 heteroatoms. The molecule has 1 heterocycles. The van der Waals surface area contributed by atoms with Gasteiger partial charge in [0, 0.05) is 11.1 Å². The molecule has 4 rings (SSSR count). The Labute approximate surface area is 163 Å². The van der Waals surface area contributed by atoms with Crippen LogP contribution in [0.2, 0.25) is 0 Å². The first-order valence-electron chi connectivity index (χ1n) is 9.17. The van der Waals surface area contributed by atoms with Crippen molar-refractivity contribution in [2.75, 3.05) is 14.2 Å². The van der Waals surface area contributed by atoms with Crippen LogP contribution in [0.3, 0.4) is 0 Å². The minimum Gasteiger partial charge on any atom is -0.493 e. The first-order valence-corrected chi connectivity index (χ1v) is 9.17. The molecule has 140 valence electrons. The summed E-state index contributed by atoms with van der Waals surface area (Å²) in [5.74, 6) is 1.16. The van der Waals surface area contributed by atoms with Gasteiger partial charge in [0.05, 0.1) is 19.9 Å². The number of fused-ring (bicyclic) bond motifs is 3. The maximum atomic E-state index is 12.8. The lowest BCUT2D eigenvalue weighted by Gasteiger charge is -2.17. The third-order valence-electron chi connectivity index (χ3n) is 5.26. The number of aryl methyl sites for hydroxylation is 1. The third-order valence-corrected chi connectivity index (χ3v) is 5.26. The summed E-state index contributed by atoms with van der Waals surface area (Å²) >= 11 is 0. The van der Waals surface area contributed by atoms with Crippen molar-refractivity contribution >= 4 is 0 Å². The van der Waals surface area contributed by atoms with Crippen LogP contribution in [-0.4, -0.2) is 19.2 Å². The molecule has 0 radical (unpaired) electrons. The standard InChI is InChI=1S/C23H20N2O3/c1-27-19-11-10-15(12-20(19)28-2)21-17-9-5-7-14-6-3-4-8-16(14)22(17)25-23(26)18(21)13-24/h3-4,6,8,10-12H,5,7,9H2,1-2H3,(H,25,26). The van der Waals surface area contributed by atoms with Crippen molar-refractivity contribution in [3.8, 4) is 40.0 Å². The number of aromatic amines is 1. The SMILES string of the molecule is COc1ccc(-c2c3c([nH]c(=O)c2C#N)-c2ccccc2CCC3)cc1OC. The molecule has 1 aliphatic carbocycles. The van der Waals surface area contributed by atoms with Gasteiger partial charge in [-0.2, -0.15) is 5.26 Å². The number of pyridine rings is 1. The Balaban J connectivity index is 2.06. The van der Waals surface area contributed by atoms with E-state index in [-0.39, 0.29) is 11.1 Å². The van der Waals surface area contributed by atoms with Gasteiger partial charge in [-0.1, -0.05) is 30.3 Å². The number of nitrogens with one attached hydrogen (secondary N) is 1. The summed E-state index contributed by atoms with van der Waals surface area (Å²) in [5.41, 5.74) is 5.25. The number of ether oxygens (including phenoxy) is 2. The van der Waals surface area contributed by atoms with Crippen LogP contribution in [0.1, 0.15) is 23.1 Å². The van der Waals surface area contributed by atoms with Crippen molar-refractivity contribution in [1.82, 2.24) is 4.98 Å². The van der Waals surface area contributed by atoms with E-state index in [1.165, 1.54) is 5.56 Å². The number of H-pyrrole nitrogens is 1. The quantitative estimate of drug-likeness (QED) is 0.751. The van der Waals surface area contributed by atoms with E-state index >= 15 is 0 Å². The highest BCUT2D eigenvalue weighted by molar-refractivity contribution is 5.82. The van der Waals surface area contributed by atoms with E-state index in [0.717, 1.165) is 41.6 Å². The number of nitriles is 1. The fourth-order valence-corrected chi connectivity index (χ4v) is 3.98. The number of methoxy groups -OCH3 is 2. The van der Waals surface area contributed by atoms with E-state index in [0.29, 0.717) is 17.1 Å². The second-order valence-corrected chi connectivity index (χ2v) is 6.75. The molecule has 0 saturated carbocycles. The second-order valence-electron chi connectivity index (χ2n) is 6.75. The Morgan fingerprint density at radius 2 is 1.82 bits per heavy atom. The lowest BCUT2D eigenvalue weighted by molar-refractivity contribution is 0.355. The maximum Gasteiger partial charge on any atom is 0.266 e. The molecular weight excluding hydrogens is 352 g/mol. The van der Waals surface area contributed by atoms with Crippen LogP contribution in [0.15, 0.2) is 47.3 Å². The molecule has 0 aliphatic heterocycles. The number of hydrogen-bond acceptors (Lipinski definition) is 4. The largest absolute Gasteiger partial charge is 0.493 e. The van der Waals surface area contributed by atoms with Crippen molar-refractivity contribution in [3.05, 3.63) is 69.5 Å². The summed E-state index contributed by atoms with van der Waals surface area (Å²) in [5, 5.41) is 9.73. The van der Waals surface area contributed by atoms with Crippen molar-refractivity contribution in [2.24, 2.45) is 0 Å². The van der Waals surface area contributed by atoms with E-state index in [9.17, 15) is 10.1 Å². The summed E-state index contributed by atoms with van der Waals surface area (Å²) in [6.45, 7) is 0. The number of hydrogen-bond donors (Lipinski definition) is 1. The van der Waals surface area contributed by atoms with Gasteiger partial charge in [0.1, 0.15) is 11.6 Å². The highest BCUT2D eigenvalue weighted by Gasteiger charge is 2.23. The Morgan fingerprint density at radius 1 is 1.04 bits per heavy atom. The molecule has 5 nitrogen and oxygen atoms in total. The van der Waals surface area contributed by atoms with E-state index < -0.39 is 0 Å². The zero-order valence-corrected chi connectivity index (χ0v) is 15.8. The van der Waals surface area contributed by atoms with Crippen molar-refractivity contribution in [3.63, 3.8) is 0 Å². The van der Waals surface area contributed by atoms with Crippen LogP contribution in [0.4, 0.5) is 0 Å². The third kappa shape index (κ3) is 2.84. The molecule has 1 aromatic heterocycles. The van der Waals surface area contributed by atoms with Crippen LogP contribution in [0.25, 0.3) is 22.4 Å². The Kier molecular flexibility index (Phi) is 4.62. The Bertz CT molecular complexity index is 1160. The van der Waals surface area contributed by atoms with Gasteiger partial charge in [-0.05, 0) is 48.1 Å². The van der Waals surface area contributed by atoms with Gasteiger partial charge in [-0.25, -0.2) is 0 Å². The number of aromatic nitrogens is 1. The molecule has 1 aliphatic rings. The molecule has 28 heavy (non-hydrogen) atoms. The molecule has 3 aromatic rings. The molecule has 2 aromatic carbocycles. The summed E-state index contributed by atoms with van der Waals surface area (Å²) < 4.78 is 10.8. The molecule has 0 spiro atoms. The van der Waals surface area contributed by atoms with Crippen LogP contribution in [-0.2, 0) is 12.8 Å². The lowest BCUT2D eigenvalue weighted by Crippen LogP contribution is -2.16. The highest BCUT2D eigenvalue weighted by Crippen LogP contribution is 2.39. The van der Waals surface area contributed by atoms with Crippen molar-refractivity contribution in [1.29, 1.82) is 5.26 Å². The maximum absolute atomic E-state index is 12.8. The van der Waals surface area contributed by atoms with Crippen LogP contribution < -0.4 is 15.0 Å². The molecule has 0 fully saturated rings. The molecule has 0 amide bonds. The fraction of sp³-hybridized carbons (Fsp3) is 0.217. The summed E-state index contributed by atoms with van der Waals surface area (Å²) in [6.07, 6.45) is 2.65. The Hall–Kier alpha value is -3.52. The minimum atomic E-state index is -0.372. The van der Waals surface area contributed by atoms with Crippen LogP contribution in [0.5, 0.6) is 11.5 Å². The average Bonchev–Trinajstić information content (AvgIpc) is 2.91. The van der Waals surface area contributed by atoms with Crippen molar-refractivity contribution in [2.45, 2.75) is 19.3 Å². The Morgan fingerprint density at radius 3 is 2.57 bits per heavy atom. The van der Waals surface area contributed by atoms with E-state index in [1.54, 1.807) is 20.3 Å². The smallest absolute Gasteiger partial charge is 0.266 e. The first kappa shape index (κ1) is 17.9. The van der Waals surface area contributed by atoms with Crippen LogP contribution in [0, 0.1) is 11.3 Å². The van der Waals surface area contributed by atoms with Gasteiger partial charge in [0.15, 0.2) is 11.5 Å². The van der Waals surface area contributed by atoms with Gasteiger partial charge < -0.3 is 14.5 Å². The number of rotatable bonds is 3. The molecule has 0 bridgehead atoms. The van der Waals surface area contributed by atoms with E-state index in [2.05, 4.69) is 17.1 Å². The van der Waals surface area contributed by atoms with Gasteiger partial charge in [0.2, 0.25) is 0 Å². The van der Waals surface area contributed by atoms with Crippen LogP contribution >= 0.6 is 0 Å². The molecule has 1 N–H and O–H groups in total. The van der Waals surface area contributed by atoms with Gasteiger partial charge in [-0.3, -0.25) is 4.79 Å². The zero-order valence-electron chi connectivity index (χ0n) is 15.8. The summed E-state index contributed by atoms with van der Waals surface area (Å²) in [4.78, 5) is 15.8. The normalized spacial score (nSPS) is 12.3. The monoisotopic (exact) mass is 372 g/mol. The van der Waals surface area contributed by atoms with Gasteiger partial charge in [0.25, 0.3) is 5.56 Å². The molecule has 0 saturated heterocycles. The summed E-state index contributed by atoms with van der Waals surface area (Å²) in [7, 11) is 3.15. The van der Waals surface area contributed by atoms with E-state index in [4.69, 9.17) is 9.47 Å². The number of benzene rings is 2. The predicted molar refractivity (Wildman–Crippen MR) is 108 cm³/mol. The van der Waals surface area contributed by atoms with Crippen molar-refractivity contribution < 1.29 is 9.47 Å². The lowest BCUT2D eigenvalue weighted by atomic mass is 9.91. The van der Waals surface area contributed by atoms with Gasteiger partial charge >= 0.3 is 0 Å².